The van der Waals surface area contributed by atoms with E-state index in [4.69, 9.17) is 0 Å². The molecule has 1 saturated heterocycles. The van der Waals surface area contributed by atoms with Crippen LogP contribution < -0.4 is 10.2 Å². The van der Waals surface area contributed by atoms with Gasteiger partial charge < -0.3 is 15.0 Å². The third kappa shape index (κ3) is 2.79. The number of alkyl halides is 1. The summed E-state index contributed by atoms with van der Waals surface area (Å²) in [6, 6.07) is 7.49. The third-order valence-corrected chi connectivity index (χ3v) is 3.62. The number of nitrogens with one attached hydrogen (secondary N) is 1. The molecule has 17 heavy (non-hydrogen) atoms. The van der Waals surface area contributed by atoms with Crippen molar-refractivity contribution in [3.63, 3.8) is 0 Å². The van der Waals surface area contributed by atoms with Crippen molar-refractivity contribution in [3.05, 3.63) is 29.8 Å². The molecule has 0 bridgehead atoms. The third-order valence-electron chi connectivity index (χ3n) is 2.80. The zero-order valence-electron chi connectivity index (χ0n) is 9.65. The molecule has 0 amide bonds. The van der Waals surface area contributed by atoms with Crippen LogP contribution in [0.5, 0.6) is 0 Å². The summed E-state index contributed by atoms with van der Waals surface area (Å²) < 4.78 is 4.67. The molecular formula is C12H15BrN2O2. The van der Waals surface area contributed by atoms with Crippen LogP contribution in [0, 0.1) is 0 Å². The zero-order chi connectivity index (χ0) is 12.3. The van der Waals surface area contributed by atoms with Gasteiger partial charge in [0.25, 0.3) is 0 Å². The lowest BCUT2D eigenvalue weighted by molar-refractivity contribution is 0.0601. The number of benzene rings is 1. The fraction of sp³-hybridized carbons (Fsp3) is 0.417. The van der Waals surface area contributed by atoms with Crippen molar-refractivity contribution in [1.82, 2.24) is 5.32 Å². The molecule has 5 heteroatoms. The lowest BCUT2D eigenvalue weighted by atomic mass is 10.2. The van der Waals surface area contributed by atoms with Gasteiger partial charge in [0.15, 0.2) is 0 Å². The van der Waals surface area contributed by atoms with Gasteiger partial charge in [-0.1, -0.05) is 15.9 Å². The summed E-state index contributed by atoms with van der Waals surface area (Å²) >= 11 is 3.62. The van der Waals surface area contributed by atoms with E-state index in [2.05, 4.69) is 30.9 Å². The van der Waals surface area contributed by atoms with Crippen LogP contribution in [0.25, 0.3) is 0 Å². The molecule has 1 aliphatic heterocycles. The minimum Gasteiger partial charge on any atom is -0.465 e. The maximum atomic E-state index is 11.3. The number of hydrogen-bond donors (Lipinski definition) is 1. The van der Waals surface area contributed by atoms with Gasteiger partial charge in [0, 0.05) is 25.3 Å². The Labute approximate surface area is 109 Å². The predicted octanol–water partition coefficient (Wildman–Crippen LogP) is 1.60. The molecule has 0 radical (unpaired) electrons. The number of methoxy groups -OCH3 is 1. The number of hydrogen-bond acceptors (Lipinski definition) is 4. The Hall–Kier alpha value is -1.07. The number of esters is 1. The van der Waals surface area contributed by atoms with Gasteiger partial charge in [0.2, 0.25) is 0 Å². The first-order valence-corrected chi connectivity index (χ1v) is 6.44. The standard InChI is InChI=1S/C12H15BrN2O2/c1-17-12(16)9-2-4-10(5-3-9)15-7-6-14-8-11(15)13/h2-5,11,14H,6-8H2,1H3/t11-/m1/s1. The average Bonchev–Trinajstić information content (AvgIpc) is 2.39. The first-order valence-electron chi connectivity index (χ1n) is 5.52. The zero-order valence-corrected chi connectivity index (χ0v) is 11.2. The molecule has 0 aromatic heterocycles. The van der Waals surface area contributed by atoms with Crippen molar-refractivity contribution in [2.24, 2.45) is 0 Å². The number of nitrogens with zero attached hydrogens (tertiary/aromatic N) is 1. The van der Waals surface area contributed by atoms with Crippen molar-refractivity contribution in [1.29, 1.82) is 0 Å². The number of halogens is 1. The highest BCUT2D eigenvalue weighted by molar-refractivity contribution is 9.09. The molecule has 2 rings (SSSR count). The SMILES string of the molecule is COC(=O)c1ccc(N2CCNC[C@@H]2Br)cc1. The van der Waals surface area contributed by atoms with Crippen LogP contribution in [-0.4, -0.2) is 37.7 Å². The van der Waals surface area contributed by atoms with Gasteiger partial charge in [-0.25, -0.2) is 4.79 Å². The maximum Gasteiger partial charge on any atom is 0.337 e. The molecule has 0 aliphatic carbocycles. The van der Waals surface area contributed by atoms with Crippen LogP contribution in [0.15, 0.2) is 24.3 Å². The minimum atomic E-state index is -0.299. The number of rotatable bonds is 2. The predicted molar refractivity (Wildman–Crippen MR) is 70.7 cm³/mol. The number of carbonyl (C=O) groups is 1. The Morgan fingerprint density at radius 3 is 2.76 bits per heavy atom. The number of piperazine rings is 1. The average molecular weight is 299 g/mol. The summed E-state index contributed by atoms with van der Waals surface area (Å²) in [6.45, 7) is 2.84. The molecule has 0 unspecified atom stereocenters. The molecule has 1 aromatic carbocycles. The Kier molecular flexibility index (Phi) is 4.02. The molecule has 1 N–H and O–H groups in total. The quantitative estimate of drug-likeness (QED) is 0.512. The van der Waals surface area contributed by atoms with Crippen LogP contribution in [0.2, 0.25) is 0 Å². The van der Waals surface area contributed by atoms with E-state index in [9.17, 15) is 4.79 Å². The van der Waals surface area contributed by atoms with Gasteiger partial charge in [-0.2, -0.15) is 0 Å². The summed E-state index contributed by atoms with van der Waals surface area (Å²) in [4.78, 5) is 13.9. The van der Waals surface area contributed by atoms with Crippen LogP contribution >= 0.6 is 15.9 Å². The highest BCUT2D eigenvalue weighted by Gasteiger charge is 2.19. The Morgan fingerprint density at radius 2 is 2.18 bits per heavy atom. The number of ether oxygens (including phenoxy) is 1. The summed E-state index contributed by atoms with van der Waals surface area (Å²) in [6.07, 6.45) is 0. The first kappa shape index (κ1) is 12.4. The monoisotopic (exact) mass is 298 g/mol. The molecule has 1 heterocycles. The summed E-state index contributed by atoms with van der Waals surface area (Å²) in [5.74, 6) is -0.299. The van der Waals surface area contributed by atoms with Crippen LogP contribution in [0.4, 0.5) is 5.69 Å². The Morgan fingerprint density at radius 1 is 1.47 bits per heavy atom. The Balaban J connectivity index is 2.14. The maximum absolute atomic E-state index is 11.3. The highest BCUT2D eigenvalue weighted by Crippen LogP contribution is 2.21. The van der Waals surface area contributed by atoms with E-state index in [0.717, 1.165) is 25.3 Å². The topological polar surface area (TPSA) is 41.6 Å². The van der Waals surface area contributed by atoms with E-state index >= 15 is 0 Å². The molecule has 0 saturated carbocycles. The van der Waals surface area contributed by atoms with Crippen molar-refractivity contribution in [3.8, 4) is 0 Å². The highest BCUT2D eigenvalue weighted by atomic mass is 79.9. The summed E-state index contributed by atoms with van der Waals surface area (Å²) in [5.41, 5.74) is 1.69. The largest absolute Gasteiger partial charge is 0.465 e. The molecule has 1 atom stereocenters. The second-order valence-corrected chi connectivity index (χ2v) is 4.93. The fourth-order valence-corrected chi connectivity index (χ4v) is 2.54. The molecule has 1 aromatic rings. The van der Waals surface area contributed by atoms with Crippen LogP contribution in [0.1, 0.15) is 10.4 Å². The van der Waals surface area contributed by atoms with Crippen molar-refractivity contribution in [2.45, 2.75) is 4.95 Å². The Bertz CT molecular complexity index is 394. The molecular weight excluding hydrogens is 284 g/mol. The van der Waals surface area contributed by atoms with E-state index in [1.165, 1.54) is 7.11 Å². The fourth-order valence-electron chi connectivity index (χ4n) is 1.87. The van der Waals surface area contributed by atoms with Gasteiger partial charge in [-0.05, 0) is 24.3 Å². The second kappa shape index (κ2) is 5.51. The van der Waals surface area contributed by atoms with Gasteiger partial charge in [-0.3, -0.25) is 0 Å². The van der Waals surface area contributed by atoms with E-state index in [1.807, 2.05) is 12.1 Å². The van der Waals surface area contributed by atoms with E-state index in [0.29, 0.717) is 10.5 Å². The first-order chi connectivity index (χ1) is 8.22. The van der Waals surface area contributed by atoms with E-state index < -0.39 is 0 Å². The van der Waals surface area contributed by atoms with E-state index in [1.54, 1.807) is 12.1 Å². The molecule has 0 spiro atoms. The van der Waals surface area contributed by atoms with Crippen LogP contribution in [0.3, 0.4) is 0 Å². The van der Waals surface area contributed by atoms with Crippen LogP contribution in [-0.2, 0) is 4.74 Å². The van der Waals surface area contributed by atoms with Gasteiger partial charge in [0.1, 0.15) is 0 Å². The molecule has 92 valence electrons. The summed E-state index contributed by atoms with van der Waals surface area (Å²) in [5, 5.41) is 3.31. The molecule has 1 aliphatic rings. The van der Waals surface area contributed by atoms with Crippen molar-refractivity contribution >= 4 is 27.6 Å². The van der Waals surface area contributed by atoms with Gasteiger partial charge >= 0.3 is 5.97 Å². The lowest BCUT2D eigenvalue weighted by Crippen LogP contribution is -2.48. The molecule has 1 fully saturated rings. The van der Waals surface area contributed by atoms with Crippen molar-refractivity contribution in [2.75, 3.05) is 31.6 Å². The second-order valence-electron chi connectivity index (χ2n) is 3.87. The minimum absolute atomic E-state index is 0.292. The van der Waals surface area contributed by atoms with Gasteiger partial charge in [-0.15, -0.1) is 0 Å². The summed E-state index contributed by atoms with van der Waals surface area (Å²) in [7, 11) is 1.39. The molecule has 4 nitrogen and oxygen atoms in total. The van der Waals surface area contributed by atoms with Crippen molar-refractivity contribution < 1.29 is 9.53 Å². The lowest BCUT2D eigenvalue weighted by Gasteiger charge is -2.34. The number of anilines is 1. The normalized spacial score (nSPS) is 20.1. The van der Waals surface area contributed by atoms with Gasteiger partial charge in [0.05, 0.1) is 17.6 Å². The number of carbonyl (C=O) groups excluding carboxylic acids is 1. The smallest absolute Gasteiger partial charge is 0.337 e. The van der Waals surface area contributed by atoms with E-state index in [-0.39, 0.29) is 5.97 Å².